The Hall–Kier alpha value is -2.83. The Morgan fingerprint density at radius 2 is 1.38 bits per heavy atom. The highest BCUT2D eigenvalue weighted by Crippen LogP contribution is 2.20. The van der Waals surface area contributed by atoms with Crippen molar-refractivity contribution < 1.29 is 4.79 Å². The van der Waals surface area contributed by atoms with E-state index in [1.165, 1.54) is 25.7 Å². The second kappa shape index (κ2) is 9.11. The summed E-state index contributed by atoms with van der Waals surface area (Å²) in [7, 11) is 0. The van der Waals surface area contributed by atoms with Crippen LogP contribution >= 0.6 is 0 Å². The second-order valence-electron chi connectivity index (χ2n) is 7.87. The fourth-order valence-corrected chi connectivity index (χ4v) is 4.00. The number of nitrogens with zero attached hydrogens (tertiary/aromatic N) is 5. The molecular formula is C22H30N6O. The third-order valence-electron chi connectivity index (χ3n) is 5.84. The van der Waals surface area contributed by atoms with Gasteiger partial charge in [-0.15, -0.1) is 10.2 Å². The van der Waals surface area contributed by atoms with Gasteiger partial charge in [-0.05, 0) is 43.5 Å². The normalized spacial score (nSPS) is 17.8. The molecule has 0 bridgehead atoms. The fourth-order valence-electron chi connectivity index (χ4n) is 4.00. The molecule has 0 aliphatic carbocycles. The molecule has 2 aliphatic rings. The second-order valence-corrected chi connectivity index (χ2v) is 7.87. The van der Waals surface area contributed by atoms with Crippen LogP contribution in [0.15, 0.2) is 36.4 Å². The molecule has 154 valence electrons. The predicted octanol–water partition coefficient (Wildman–Crippen LogP) is 3.52. The summed E-state index contributed by atoms with van der Waals surface area (Å²) >= 11 is 0. The third kappa shape index (κ3) is 4.78. The van der Waals surface area contributed by atoms with E-state index in [-0.39, 0.29) is 6.03 Å². The molecule has 0 saturated carbocycles. The van der Waals surface area contributed by atoms with Crippen LogP contribution < -0.4 is 15.1 Å². The molecule has 4 rings (SSSR count). The number of hydrogen-bond donors (Lipinski definition) is 1. The lowest BCUT2D eigenvalue weighted by Gasteiger charge is -2.35. The Kier molecular flexibility index (Phi) is 6.12. The number of para-hydroxylation sites is 1. The predicted molar refractivity (Wildman–Crippen MR) is 117 cm³/mol. The first-order valence-corrected chi connectivity index (χ1v) is 10.7. The van der Waals surface area contributed by atoms with E-state index in [9.17, 15) is 4.79 Å². The molecule has 7 nitrogen and oxygen atoms in total. The molecule has 2 aromatic rings. The summed E-state index contributed by atoms with van der Waals surface area (Å²) in [6.07, 6.45) is 5.08. The number of carbonyl (C=O) groups excluding carboxylic acids is 1. The van der Waals surface area contributed by atoms with Gasteiger partial charge in [-0.1, -0.05) is 31.0 Å². The van der Waals surface area contributed by atoms with Gasteiger partial charge < -0.3 is 20.0 Å². The third-order valence-corrected chi connectivity index (χ3v) is 5.84. The fraction of sp³-hybridized carbons (Fsp3) is 0.500. The van der Waals surface area contributed by atoms with Crippen molar-refractivity contribution >= 4 is 23.4 Å². The lowest BCUT2D eigenvalue weighted by Crippen LogP contribution is -2.50. The molecule has 1 aromatic heterocycles. The van der Waals surface area contributed by atoms with Crippen molar-refractivity contribution in [2.45, 2.75) is 32.6 Å². The van der Waals surface area contributed by atoms with Crippen molar-refractivity contribution in [3.63, 3.8) is 0 Å². The molecule has 2 aliphatic heterocycles. The van der Waals surface area contributed by atoms with Crippen molar-refractivity contribution in [2.24, 2.45) is 0 Å². The highest BCUT2D eigenvalue weighted by Gasteiger charge is 2.23. The van der Waals surface area contributed by atoms with Gasteiger partial charge in [0.1, 0.15) is 0 Å². The topological polar surface area (TPSA) is 64.6 Å². The van der Waals surface area contributed by atoms with Crippen LogP contribution in [0.4, 0.5) is 22.1 Å². The molecule has 2 saturated heterocycles. The van der Waals surface area contributed by atoms with Gasteiger partial charge >= 0.3 is 6.03 Å². The van der Waals surface area contributed by atoms with Crippen LogP contribution in [0.2, 0.25) is 0 Å². The van der Waals surface area contributed by atoms with Gasteiger partial charge in [0, 0.05) is 45.0 Å². The zero-order valence-electron chi connectivity index (χ0n) is 17.2. The molecule has 0 spiro atoms. The van der Waals surface area contributed by atoms with E-state index in [0.29, 0.717) is 13.1 Å². The molecule has 29 heavy (non-hydrogen) atoms. The molecule has 2 amide bonds. The van der Waals surface area contributed by atoms with Crippen LogP contribution in [0.5, 0.6) is 0 Å². The highest BCUT2D eigenvalue weighted by molar-refractivity contribution is 5.90. The Labute approximate surface area is 172 Å². The van der Waals surface area contributed by atoms with Crippen LogP contribution in [0.25, 0.3) is 0 Å². The van der Waals surface area contributed by atoms with E-state index in [1.807, 2.05) is 36.1 Å². The Morgan fingerprint density at radius 1 is 0.793 bits per heavy atom. The molecule has 2 fully saturated rings. The molecule has 7 heteroatoms. The van der Waals surface area contributed by atoms with Crippen molar-refractivity contribution in [1.29, 1.82) is 0 Å². The lowest BCUT2D eigenvalue weighted by atomic mass is 10.2. The van der Waals surface area contributed by atoms with Crippen LogP contribution in [0.3, 0.4) is 0 Å². The minimum absolute atomic E-state index is 0.0402. The number of nitrogens with one attached hydrogen (secondary N) is 1. The first kappa shape index (κ1) is 19.5. The van der Waals surface area contributed by atoms with Crippen molar-refractivity contribution in [3.8, 4) is 0 Å². The monoisotopic (exact) mass is 394 g/mol. The number of urea groups is 1. The average molecular weight is 395 g/mol. The van der Waals surface area contributed by atoms with E-state index in [0.717, 1.165) is 49.1 Å². The summed E-state index contributed by atoms with van der Waals surface area (Å²) in [5.41, 5.74) is 1.94. The van der Waals surface area contributed by atoms with E-state index >= 15 is 0 Å². The zero-order chi connectivity index (χ0) is 20.1. The molecule has 1 N–H and O–H groups in total. The van der Waals surface area contributed by atoms with E-state index in [4.69, 9.17) is 0 Å². The van der Waals surface area contributed by atoms with Crippen molar-refractivity contribution in [2.75, 3.05) is 54.4 Å². The van der Waals surface area contributed by atoms with Crippen LogP contribution in [0.1, 0.15) is 31.2 Å². The largest absolute Gasteiger partial charge is 0.355 e. The highest BCUT2D eigenvalue weighted by atomic mass is 16.2. The molecule has 0 radical (unpaired) electrons. The number of hydrogen-bond acceptors (Lipinski definition) is 5. The van der Waals surface area contributed by atoms with Crippen LogP contribution in [-0.4, -0.2) is 60.4 Å². The van der Waals surface area contributed by atoms with Gasteiger partial charge in [0.25, 0.3) is 0 Å². The van der Waals surface area contributed by atoms with Gasteiger partial charge in [0.2, 0.25) is 0 Å². The van der Waals surface area contributed by atoms with E-state index < -0.39 is 0 Å². The maximum atomic E-state index is 12.6. The van der Waals surface area contributed by atoms with Gasteiger partial charge in [0.05, 0.1) is 0 Å². The van der Waals surface area contributed by atoms with Gasteiger partial charge in [0.15, 0.2) is 11.6 Å². The first-order valence-electron chi connectivity index (χ1n) is 10.7. The number of amides is 2. The summed E-state index contributed by atoms with van der Waals surface area (Å²) in [6, 6.07) is 12.0. The smallest absolute Gasteiger partial charge is 0.321 e. The first-order chi connectivity index (χ1) is 14.2. The molecule has 0 unspecified atom stereocenters. The van der Waals surface area contributed by atoms with Gasteiger partial charge in [-0.25, -0.2) is 4.79 Å². The number of carbonyl (C=O) groups is 1. The Morgan fingerprint density at radius 3 is 1.97 bits per heavy atom. The Bertz CT molecular complexity index is 808. The quantitative estimate of drug-likeness (QED) is 0.863. The number of rotatable bonds is 3. The average Bonchev–Trinajstić information content (AvgIpc) is 3.05. The molecule has 1 aromatic carbocycles. The maximum Gasteiger partial charge on any atom is 0.321 e. The van der Waals surface area contributed by atoms with Crippen molar-refractivity contribution in [3.05, 3.63) is 42.0 Å². The lowest BCUT2D eigenvalue weighted by molar-refractivity contribution is 0.208. The Balaban J connectivity index is 1.31. The summed E-state index contributed by atoms with van der Waals surface area (Å²) in [4.78, 5) is 19.0. The van der Waals surface area contributed by atoms with Gasteiger partial charge in [-0.3, -0.25) is 0 Å². The number of piperazine rings is 1. The summed E-state index contributed by atoms with van der Waals surface area (Å²) in [6.45, 7) is 7.02. The minimum Gasteiger partial charge on any atom is -0.355 e. The number of aromatic nitrogens is 2. The van der Waals surface area contributed by atoms with Crippen LogP contribution in [-0.2, 0) is 0 Å². The minimum atomic E-state index is -0.0402. The van der Waals surface area contributed by atoms with Crippen molar-refractivity contribution in [1.82, 2.24) is 15.1 Å². The number of benzene rings is 1. The van der Waals surface area contributed by atoms with E-state index in [1.54, 1.807) is 0 Å². The summed E-state index contributed by atoms with van der Waals surface area (Å²) < 4.78 is 0. The standard InChI is InChI=1S/C22H30N6O/c1-18-8-4-5-9-19(18)23-22(29)28-16-14-27(15-17-28)21-11-10-20(24-25-21)26-12-6-2-3-7-13-26/h4-5,8-11H,2-3,6-7,12-17H2,1H3,(H,23,29). The maximum absolute atomic E-state index is 12.6. The SMILES string of the molecule is Cc1ccccc1NC(=O)N1CCN(c2ccc(N3CCCCCC3)nn2)CC1. The summed E-state index contributed by atoms with van der Waals surface area (Å²) in [5.74, 6) is 1.87. The number of aryl methyl sites for hydroxylation is 1. The summed E-state index contributed by atoms with van der Waals surface area (Å²) in [5, 5.41) is 12.0. The number of anilines is 3. The zero-order valence-corrected chi connectivity index (χ0v) is 17.2. The van der Waals surface area contributed by atoms with Crippen LogP contribution in [0, 0.1) is 6.92 Å². The van der Waals surface area contributed by atoms with E-state index in [2.05, 4.69) is 37.4 Å². The molecule has 0 atom stereocenters. The molecular weight excluding hydrogens is 364 g/mol. The molecule has 3 heterocycles. The van der Waals surface area contributed by atoms with Gasteiger partial charge in [-0.2, -0.15) is 0 Å².